The third-order valence-corrected chi connectivity index (χ3v) is 2.05. The molecule has 0 saturated carbocycles. The molecule has 1 unspecified atom stereocenters. The molecule has 4 heteroatoms. The van der Waals surface area contributed by atoms with Crippen molar-refractivity contribution in [3.05, 3.63) is 24.3 Å². The summed E-state index contributed by atoms with van der Waals surface area (Å²) in [4.78, 5) is 0.469. The number of thiocarbonyl (C=S) groups is 1. The molecule has 2 N–H and O–H groups in total. The van der Waals surface area contributed by atoms with Crippen LogP contribution in [0.3, 0.4) is 0 Å². The van der Waals surface area contributed by atoms with Crippen LogP contribution in [-0.2, 0) is 0 Å². The van der Waals surface area contributed by atoms with Gasteiger partial charge in [0.15, 0.2) is 0 Å². The Labute approximate surface area is 95.2 Å². The smallest absolute Gasteiger partial charge is 0.119 e. The lowest BCUT2D eigenvalue weighted by molar-refractivity contribution is 0.230. The second kappa shape index (κ2) is 5.56. The minimum Gasteiger partial charge on any atom is -0.497 e. The van der Waals surface area contributed by atoms with Crippen LogP contribution in [0.15, 0.2) is 24.3 Å². The zero-order chi connectivity index (χ0) is 11.3. The van der Waals surface area contributed by atoms with Crippen molar-refractivity contribution in [3.63, 3.8) is 0 Å². The van der Waals surface area contributed by atoms with Crippen LogP contribution in [0.4, 0.5) is 0 Å². The van der Waals surface area contributed by atoms with Crippen molar-refractivity contribution < 1.29 is 9.47 Å². The Balaban J connectivity index is 2.53. The lowest BCUT2D eigenvalue weighted by Crippen LogP contribution is -2.20. The summed E-state index contributed by atoms with van der Waals surface area (Å²) in [6.45, 7) is 1.93. The van der Waals surface area contributed by atoms with Gasteiger partial charge in [0.05, 0.1) is 12.1 Å². The van der Waals surface area contributed by atoms with Crippen molar-refractivity contribution in [2.75, 3.05) is 7.11 Å². The number of hydrogen-bond acceptors (Lipinski definition) is 3. The molecule has 0 bridgehead atoms. The fraction of sp³-hybridized carbons (Fsp3) is 0.364. The van der Waals surface area contributed by atoms with Crippen molar-refractivity contribution in [2.45, 2.75) is 19.4 Å². The maximum atomic E-state index is 5.60. The third kappa shape index (κ3) is 4.16. The Morgan fingerprint density at radius 2 is 1.87 bits per heavy atom. The van der Waals surface area contributed by atoms with E-state index in [0.29, 0.717) is 11.4 Å². The molecule has 0 aliphatic rings. The summed E-state index contributed by atoms with van der Waals surface area (Å²) in [5, 5.41) is 0. The predicted molar refractivity (Wildman–Crippen MR) is 64.5 cm³/mol. The predicted octanol–water partition coefficient (Wildman–Crippen LogP) is 2.14. The van der Waals surface area contributed by atoms with E-state index in [0.717, 1.165) is 11.5 Å². The highest BCUT2D eigenvalue weighted by atomic mass is 32.1. The molecule has 0 aliphatic heterocycles. The van der Waals surface area contributed by atoms with Gasteiger partial charge in [-0.2, -0.15) is 0 Å². The van der Waals surface area contributed by atoms with Gasteiger partial charge in [-0.05, 0) is 31.2 Å². The second-order valence-corrected chi connectivity index (χ2v) is 3.80. The lowest BCUT2D eigenvalue weighted by atomic mass is 10.2. The van der Waals surface area contributed by atoms with Gasteiger partial charge in [-0.1, -0.05) is 12.2 Å². The van der Waals surface area contributed by atoms with E-state index in [-0.39, 0.29) is 6.10 Å². The van der Waals surface area contributed by atoms with Crippen LogP contribution in [0.5, 0.6) is 11.5 Å². The normalized spacial score (nSPS) is 11.9. The SMILES string of the molecule is COc1ccc(OC(C)CC(N)=S)cc1. The molecule has 1 atom stereocenters. The first-order valence-electron chi connectivity index (χ1n) is 4.71. The fourth-order valence-electron chi connectivity index (χ4n) is 1.21. The molecule has 0 aromatic heterocycles. The van der Waals surface area contributed by atoms with Crippen molar-refractivity contribution in [2.24, 2.45) is 5.73 Å². The first kappa shape index (κ1) is 11.8. The van der Waals surface area contributed by atoms with Crippen LogP contribution in [0.2, 0.25) is 0 Å². The molecule has 3 nitrogen and oxygen atoms in total. The summed E-state index contributed by atoms with van der Waals surface area (Å²) >= 11 is 4.81. The molecule has 0 amide bonds. The van der Waals surface area contributed by atoms with E-state index in [1.165, 1.54) is 0 Å². The summed E-state index contributed by atoms with van der Waals surface area (Å²) < 4.78 is 10.6. The molecule has 0 saturated heterocycles. The quantitative estimate of drug-likeness (QED) is 0.780. The molecule has 1 rings (SSSR count). The van der Waals surface area contributed by atoms with Crippen LogP contribution in [0, 0.1) is 0 Å². The van der Waals surface area contributed by atoms with Crippen LogP contribution in [0.1, 0.15) is 13.3 Å². The zero-order valence-corrected chi connectivity index (χ0v) is 9.71. The Kier molecular flexibility index (Phi) is 4.37. The summed E-state index contributed by atoms with van der Waals surface area (Å²) in [6, 6.07) is 7.41. The van der Waals surface area contributed by atoms with E-state index in [9.17, 15) is 0 Å². The van der Waals surface area contributed by atoms with Crippen molar-refractivity contribution in [1.82, 2.24) is 0 Å². The number of ether oxygens (including phenoxy) is 2. The monoisotopic (exact) mass is 225 g/mol. The molecule has 0 heterocycles. The Morgan fingerprint density at radius 3 is 2.33 bits per heavy atom. The van der Waals surface area contributed by atoms with Gasteiger partial charge in [0.25, 0.3) is 0 Å². The van der Waals surface area contributed by atoms with Gasteiger partial charge in [-0.15, -0.1) is 0 Å². The molecule has 1 aromatic rings. The van der Waals surface area contributed by atoms with E-state index < -0.39 is 0 Å². The van der Waals surface area contributed by atoms with E-state index in [4.69, 9.17) is 27.4 Å². The van der Waals surface area contributed by atoms with Gasteiger partial charge in [0.1, 0.15) is 17.6 Å². The molecule has 0 spiro atoms. The zero-order valence-electron chi connectivity index (χ0n) is 8.90. The number of rotatable bonds is 5. The maximum Gasteiger partial charge on any atom is 0.119 e. The van der Waals surface area contributed by atoms with E-state index >= 15 is 0 Å². The molecular formula is C11H15NO2S. The topological polar surface area (TPSA) is 44.5 Å². The standard InChI is InChI=1S/C11H15NO2S/c1-8(7-11(12)15)14-10-5-3-9(13-2)4-6-10/h3-6,8H,7H2,1-2H3,(H2,12,15). The van der Waals surface area contributed by atoms with Gasteiger partial charge < -0.3 is 15.2 Å². The number of benzene rings is 1. The number of nitrogens with two attached hydrogens (primary N) is 1. The van der Waals surface area contributed by atoms with Crippen LogP contribution < -0.4 is 15.2 Å². The molecule has 1 aromatic carbocycles. The van der Waals surface area contributed by atoms with E-state index in [1.54, 1.807) is 7.11 Å². The summed E-state index contributed by atoms with van der Waals surface area (Å²) in [5.74, 6) is 1.60. The molecule has 0 radical (unpaired) electrons. The van der Waals surface area contributed by atoms with Crippen LogP contribution >= 0.6 is 12.2 Å². The first-order valence-corrected chi connectivity index (χ1v) is 5.11. The molecule has 82 valence electrons. The first-order chi connectivity index (χ1) is 7.11. The van der Waals surface area contributed by atoms with Gasteiger partial charge >= 0.3 is 0 Å². The summed E-state index contributed by atoms with van der Waals surface area (Å²) in [6.07, 6.45) is 0.581. The number of hydrogen-bond donors (Lipinski definition) is 1. The Hall–Kier alpha value is -1.29. The van der Waals surface area contributed by atoms with Crippen molar-refractivity contribution in [3.8, 4) is 11.5 Å². The molecule has 0 fully saturated rings. The highest BCUT2D eigenvalue weighted by molar-refractivity contribution is 7.80. The average Bonchev–Trinajstić information content (AvgIpc) is 2.17. The summed E-state index contributed by atoms with van der Waals surface area (Å²) in [7, 11) is 1.63. The van der Waals surface area contributed by atoms with Crippen molar-refractivity contribution >= 4 is 17.2 Å². The minimum absolute atomic E-state index is 0.00380. The lowest BCUT2D eigenvalue weighted by Gasteiger charge is -2.13. The second-order valence-electron chi connectivity index (χ2n) is 3.27. The number of methoxy groups -OCH3 is 1. The van der Waals surface area contributed by atoms with Crippen LogP contribution in [0.25, 0.3) is 0 Å². The molecule has 0 aliphatic carbocycles. The van der Waals surface area contributed by atoms with Gasteiger partial charge in [0.2, 0.25) is 0 Å². The van der Waals surface area contributed by atoms with Gasteiger partial charge in [-0.25, -0.2) is 0 Å². The minimum atomic E-state index is -0.00380. The maximum absolute atomic E-state index is 5.60. The highest BCUT2D eigenvalue weighted by Gasteiger charge is 2.05. The Morgan fingerprint density at radius 1 is 1.33 bits per heavy atom. The van der Waals surface area contributed by atoms with Crippen LogP contribution in [-0.4, -0.2) is 18.2 Å². The summed E-state index contributed by atoms with van der Waals surface area (Å²) in [5.41, 5.74) is 5.42. The fourth-order valence-corrected chi connectivity index (χ4v) is 1.45. The van der Waals surface area contributed by atoms with Gasteiger partial charge in [-0.3, -0.25) is 0 Å². The van der Waals surface area contributed by atoms with Gasteiger partial charge in [0, 0.05) is 6.42 Å². The van der Waals surface area contributed by atoms with Crippen molar-refractivity contribution in [1.29, 1.82) is 0 Å². The molecule has 15 heavy (non-hydrogen) atoms. The highest BCUT2D eigenvalue weighted by Crippen LogP contribution is 2.18. The largest absolute Gasteiger partial charge is 0.497 e. The Bertz CT molecular complexity index is 324. The van der Waals surface area contributed by atoms with E-state index in [2.05, 4.69) is 0 Å². The molecular weight excluding hydrogens is 210 g/mol. The van der Waals surface area contributed by atoms with E-state index in [1.807, 2.05) is 31.2 Å². The average molecular weight is 225 g/mol. The third-order valence-electron chi connectivity index (χ3n) is 1.89.